The van der Waals surface area contributed by atoms with Crippen molar-refractivity contribution in [3.63, 3.8) is 0 Å². The topological polar surface area (TPSA) is 101 Å². The van der Waals surface area contributed by atoms with Crippen molar-refractivity contribution in [1.29, 1.82) is 0 Å². The van der Waals surface area contributed by atoms with E-state index in [1.165, 1.54) is 25.0 Å². The van der Waals surface area contributed by atoms with E-state index in [1.807, 2.05) is 0 Å². The highest BCUT2D eigenvalue weighted by Gasteiger charge is 2.32. The lowest BCUT2D eigenvalue weighted by Crippen LogP contribution is -2.44. The number of hydrogen-bond acceptors (Lipinski definition) is 3. The SMILES string of the molecule is CCC1(CC)CCC(NC(=O)NCc2cccc(S(N)(=O)=O)c2)CC1. The quantitative estimate of drug-likeness (QED) is 0.720. The number of carbonyl (C=O) groups excluding carboxylic acids is 1. The van der Waals surface area contributed by atoms with Gasteiger partial charge in [0.1, 0.15) is 0 Å². The monoisotopic (exact) mass is 367 g/mol. The number of hydrogen-bond donors (Lipinski definition) is 3. The molecule has 1 aliphatic carbocycles. The summed E-state index contributed by atoms with van der Waals surface area (Å²) in [6.45, 7) is 4.76. The number of amides is 2. The van der Waals surface area contributed by atoms with Crippen LogP contribution in [-0.4, -0.2) is 20.5 Å². The molecule has 4 N–H and O–H groups in total. The van der Waals surface area contributed by atoms with E-state index in [2.05, 4.69) is 24.5 Å². The lowest BCUT2D eigenvalue weighted by molar-refractivity contribution is 0.149. The van der Waals surface area contributed by atoms with Crippen LogP contribution in [0, 0.1) is 5.41 Å². The molecule has 0 heterocycles. The Labute approximate surface area is 150 Å². The van der Waals surface area contributed by atoms with E-state index in [9.17, 15) is 13.2 Å². The van der Waals surface area contributed by atoms with Crippen molar-refractivity contribution in [3.8, 4) is 0 Å². The summed E-state index contributed by atoms with van der Waals surface area (Å²) in [5, 5.41) is 10.9. The number of nitrogens with two attached hydrogens (primary N) is 1. The molecule has 1 aromatic rings. The standard InChI is InChI=1S/C18H29N3O3S/c1-3-18(4-2)10-8-15(9-11-18)21-17(22)20-13-14-6-5-7-16(12-14)25(19,23)24/h5-7,12,15H,3-4,8-11,13H2,1-2H3,(H2,19,23,24)(H2,20,21,22). The molecule has 1 fully saturated rings. The average molecular weight is 368 g/mol. The van der Waals surface area contributed by atoms with E-state index in [0.717, 1.165) is 25.7 Å². The zero-order valence-corrected chi connectivity index (χ0v) is 15.9. The van der Waals surface area contributed by atoms with Crippen molar-refractivity contribution < 1.29 is 13.2 Å². The van der Waals surface area contributed by atoms with E-state index >= 15 is 0 Å². The second kappa shape index (κ2) is 8.19. The Kier molecular flexibility index (Phi) is 6.46. The summed E-state index contributed by atoms with van der Waals surface area (Å²) in [7, 11) is -3.73. The lowest BCUT2D eigenvalue weighted by Gasteiger charge is -2.39. The van der Waals surface area contributed by atoms with Crippen molar-refractivity contribution >= 4 is 16.1 Å². The molecule has 0 radical (unpaired) electrons. The molecule has 7 heteroatoms. The van der Waals surface area contributed by atoms with Gasteiger partial charge >= 0.3 is 6.03 Å². The Bertz CT molecular complexity index is 689. The fourth-order valence-electron chi connectivity index (χ4n) is 3.58. The van der Waals surface area contributed by atoms with Gasteiger partial charge in [-0.1, -0.05) is 38.8 Å². The van der Waals surface area contributed by atoms with Gasteiger partial charge in [0.15, 0.2) is 0 Å². The van der Waals surface area contributed by atoms with Gasteiger partial charge in [-0.05, 0) is 48.8 Å². The molecule has 25 heavy (non-hydrogen) atoms. The molecule has 140 valence electrons. The van der Waals surface area contributed by atoms with Crippen LogP contribution in [0.15, 0.2) is 29.2 Å². The maximum atomic E-state index is 12.1. The second-order valence-corrected chi connectivity index (χ2v) is 8.56. The summed E-state index contributed by atoms with van der Waals surface area (Å²) in [4.78, 5) is 12.2. The summed E-state index contributed by atoms with van der Waals surface area (Å²) in [6, 6.07) is 6.28. The van der Waals surface area contributed by atoms with Crippen molar-refractivity contribution in [3.05, 3.63) is 29.8 Å². The first-order chi connectivity index (χ1) is 11.8. The molecule has 2 amide bonds. The van der Waals surface area contributed by atoms with E-state index in [1.54, 1.807) is 12.1 Å². The smallest absolute Gasteiger partial charge is 0.315 e. The van der Waals surface area contributed by atoms with Gasteiger partial charge in [-0.15, -0.1) is 0 Å². The number of benzene rings is 1. The fourth-order valence-corrected chi connectivity index (χ4v) is 4.17. The molecule has 1 aliphatic rings. The zero-order chi connectivity index (χ0) is 18.5. The molecule has 0 unspecified atom stereocenters. The highest BCUT2D eigenvalue weighted by Crippen LogP contribution is 2.41. The molecule has 0 atom stereocenters. The number of carbonyl (C=O) groups is 1. The molecule has 0 saturated heterocycles. The van der Waals surface area contributed by atoms with Gasteiger partial charge in [-0.3, -0.25) is 0 Å². The van der Waals surface area contributed by atoms with E-state index in [4.69, 9.17) is 5.14 Å². The van der Waals surface area contributed by atoms with Gasteiger partial charge in [-0.2, -0.15) is 0 Å². The summed E-state index contributed by atoms with van der Waals surface area (Å²) in [5.74, 6) is 0. The van der Waals surface area contributed by atoms with Crippen LogP contribution in [0.5, 0.6) is 0 Å². The van der Waals surface area contributed by atoms with E-state index in [0.29, 0.717) is 11.0 Å². The van der Waals surface area contributed by atoms with Crippen LogP contribution >= 0.6 is 0 Å². The minimum Gasteiger partial charge on any atom is -0.335 e. The van der Waals surface area contributed by atoms with Crippen LogP contribution in [0.1, 0.15) is 57.9 Å². The maximum Gasteiger partial charge on any atom is 0.315 e. The number of primary sulfonamides is 1. The fraction of sp³-hybridized carbons (Fsp3) is 0.611. The highest BCUT2D eigenvalue weighted by atomic mass is 32.2. The first-order valence-electron chi connectivity index (χ1n) is 8.94. The summed E-state index contributed by atoms with van der Waals surface area (Å²) >= 11 is 0. The predicted octanol–water partition coefficient (Wildman–Crippen LogP) is 2.88. The van der Waals surface area contributed by atoms with Gasteiger partial charge < -0.3 is 10.6 Å². The number of nitrogens with one attached hydrogen (secondary N) is 2. The van der Waals surface area contributed by atoms with Crippen LogP contribution in [0.2, 0.25) is 0 Å². The molecular weight excluding hydrogens is 338 g/mol. The van der Waals surface area contributed by atoms with Gasteiger partial charge in [0.05, 0.1) is 4.90 Å². The molecule has 0 spiro atoms. The van der Waals surface area contributed by atoms with Crippen molar-refractivity contribution in [2.45, 2.75) is 69.9 Å². The van der Waals surface area contributed by atoms with Crippen LogP contribution in [0.25, 0.3) is 0 Å². The molecule has 0 bridgehead atoms. The Hall–Kier alpha value is -1.60. The highest BCUT2D eigenvalue weighted by molar-refractivity contribution is 7.89. The molecule has 6 nitrogen and oxygen atoms in total. The van der Waals surface area contributed by atoms with E-state index < -0.39 is 10.0 Å². The summed E-state index contributed by atoms with van der Waals surface area (Å²) in [6.07, 6.45) is 6.72. The number of rotatable bonds is 6. The summed E-state index contributed by atoms with van der Waals surface area (Å²) in [5.41, 5.74) is 1.14. The predicted molar refractivity (Wildman–Crippen MR) is 98.5 cm³/mol. The lowest BCUT2D eigenvalue weighted by atomic mass is 9.69. The van der Waals surface area contributed by atoms with E-state index in [-0.39, 0.29) is 23.5 Å². The first-order valence-corrected chi connectivity index (χ1v) is 10.5. The van der Waals surface area contributed by atoms with Crippen molar-refractivity contribution in [2.75, 3.05) is 0 Å². The third-order valence-electron chi connectivity index (χ3n) is 5.56. The molecule has 2 rings (SSSR count). The van der Waals surface area contributed by atoms with Gasteiger partial charge in [-0.25, -0.2) is 18.4 Å². The van der Waals surface area contributed by atoms with Crippen molar-refractivity contribution in [2.24, 2.45) is 10.6 Å². The molecular formula is C18H29N3O3S. The molecule has 1 aromatic carbocycles. The number of sulfonamides is 1. The Morgan fingerprint density at radius 2 is 1.88 bits per heavy atom. The number of urea groups is 1. The average Bonchev–Trinajstić information content (AvgIpc) is 2.60. The molecule has 0 aliphatic heterocycles. The van der Waals surface area contributed by atoms with Gasteiger partial charge in [0.25, 0.3) is 0 Å². The Balaban J connectivity index is 1.82. The Morgan fingerprint density at radius 1 is 1.24 bits per heavy atom. The minimum absolute atomic E-state index is 0.0509. The van der Waals surface area contributed by atoms with Crippen molar-refractivity contribution in [1.82, 2.24) is 10.6 Å². The minimum atomic E-state index is -3.73. The first kappa shape index (κ1) is 19.7. The van der Waals surface area contributed by atoms with Crippen LogP contribution in [0.4, 0.5) is 4.79 Å². The van der Waals surface area contributed by atoms with Gasteiger partial charge in [0.2, 0.25) is 10.0 Å². The normalized spacial score (nSPS) is 17.9. The van der Waals surface area contributed by atoms with Crippen LogP contribution in [-0.2, 0) is 16.6 Å². The largest absolute Gasteiger partial charge is 0.335 e. The van der Waals surface area contributed by atoms with Gasteiger partial charge in [0, 0.05) is 12.6 Å². The third kappa shape index (κ3) is 5.44. The maximum absolute atomic E-state index is 12.1. The Morgan fingerprint density at radius 3 is 2.44 bits per heavy atom. The van der Waals surface area contributed by atoms with Crippen LogP contribution in [0.3, 0.4) is 0 Å². The second-order valence-electron chi connectivity index (χ2n) is 7.00. The molecule has 0 aromatic heterocycles. The zero-order valence-electron chi connectivity index (χ0n) is 15.0. The van der Waals surface area contributed by atoms with Crippen LogP contribution < -0.4 is 15.8 Å². The summed E-state index contributed by atoms with van der Waals surface area (Å²) < 4.78 is 22.7. The third-order valence-corrected chi connectivity index (χ3v) is 6.47. The molecule has 1 saturated carbocycles.